The lowest BCUT2D eigenvalue weighted by Gasteiger charge is -2.44. The van der Waals surface area contributed by atoms with Gasteiger partial charge in [-0.25, -0.2) is 4.98 Å². The molecular weight excluding hydrogens is 457 g/mol. The standard InChI is InChI=1S/C25H23F3N6O/c1-15-14-33(10-11-34(15)16(2)17-4-6-18(7-5-17)25(26,27)28)23-20(13-30)24(35)32(3)21-9-8-19(12-29)31-22(21)23/h4-9,15-16H,10-11,14H2,1-3H3/t15-,16?/m1/s1. The van der Waals surface area contributed by atoms with Crippen LogP contribution in [0.3, 0.4) is 0 Å². The van der Waals surface area contributed by atoms with Crippen LogP contribution in [0.15, 0.2) is 41.2 Å². The number of fused-ring (bicyclic) bond motifs is 1. The van der Waals surface area contributed by atoms with Crippen LogP contribution < -0.4 is 10.5 Å². The summed E-state index contributed by atoms with van der Waals surface area (Å²) in [5.74, 6) is 0. The molecule has 1 unspecified atom stereocenters. The average Bonchev–Trinajstić information content (AvgIpc) is 2.84. The maximum absolute atomic E-state index is 12.9. The summed E-state index contributed by atoms with van der Waals surface area (Å²) in [5.41, 5.74) is 1.16. The van der Waals surface area contributed by atoms with Crippen LogP contribution in [0, 0.1) is 22.7 Å². The second-order valence-electron chi connectivity index (χ2n) is 8.70. The van der Waals surface area contributed by atoms with E-state index in [-0.39, 0.29) is 23.3 Å². The average molecular weight is 480 g/mol. The number of piperazine rings is 1. The number of pyridine rings is 2. The number of halogens is 3. The zero-order chi connectivity index (χ0) is 25.5. The Morgan fingerprint density at radius 1 is 1.09 bits per heavy atom. The van der Waals surface area contributed by atoms with Crippen LogP contribution in [-0.2, 0) is 13.2 Å². The van der Waals surface area contributed by atoms with E-state index in [4.69, 9.17) is 0 Å². The van der Waals surface area contributed by atoms with E-state index in [1.807, 2.05) is 30.9 Å². The van der Waals surface area contributed by atoms with Crippen molar-refractivity contribution < 1.29 is 13.2 Å². The highest BCUT2D eigenvalue weighted by Gasteiger charge is 2.33. The van der Waals surface area contributed by atoms with Crippen molar-refractivity contribution in [3.8, 4) is 12.1 Å². The van der Waals surface area contributed by atoms with Gasteiger partial charge >= 0.3 is 6.18 Å². The summed E-state index contributed by atoms with van der Waals surface area (Å²) < 4.78 is 40.1. The van der Waals surface area contributed by atoms with Gasteiger partial charge in [-0.1, -0.05) is 12.1 Å². The number of hydrogen-bond acceptors (Lipinski definition) is 6. The van der Waals surface area contributed by atoms with Crippen molar-refractivity contribution in [1.82, 2.24) is 14.5 Å². The van der Waals surface area contributed by atoms with E-state index in [2.05, 4.69) is 9.88 Å². The molecule has 4 rings (SSSR count). The molecule has 0 bridgehead atoms. The fourth-order valence-electron chi connectivity index (χ4n) is 4.76. The molecule has 3 heterocycles. The van der Waals surface area contributed by atoms with E-state index < -0.39 is 17.3 Å². The molecule has 0 saturated carbocycles. The lowest BCUT2D eigenvalue weighted by atomic mass is 10.0. The van der Waals surface area contributed by atoms with Gasteiger partial charge in [-0.2, -0.15) is 23.7 Å². The second kappa shape index (κ2) is 9.05. The maximum Gasteiger partial charge on any atom is 0.416 e. The minimum atomic E-state index is -4.38. The van der Waals surface area contributed by atoms with E-state index in [9.17, 15) is 28.5 Å². The molecule has 0 N–H and O–H groups in total. The van der Waals surface area contributed by atoms with Gasteiger partial charge < -0.3 is 9.47 Å². The number of hydrogen-bond donors (Lipinski definition) is 0. The number of aryl methyl sites for hydroxylation is 1. The molecule has 0 amide bonds. The van der Waals surface area contributed by atoms with Gasteiger partial charge in [-0.3, -0.25) is 9.69 Å². The largest absolute Gasteiger partial charge is 0.416 e. The highest BCUT2D eigenvalue weighted by Crippen LogP contribution is 2.34. The molecule has 3 aromatic rings. The first-order valence-electron chi connectivity index (χ1n) is 11.1. The summed E-state index contributed by atoms with van der Waals surface area (Å²) in [5, 5.41) is 19.1. The zero-order valence-corrected chi connectivity index (χ0v) is 19.5. The van der Waals surface area contributed by atoms with Gasteiger partial charge in [0.05, 0.1) is 16.8 Å². The molecule has 1 aliphatic rings. The summed E-state index contributed by atoms with van der Waals surface area (Å²) in [4.78, 5) is 21.4. The van der Waals surface area contributed by atoms with Gasteiger partial charge in [0.15, 0.2) is 0 Å². The highest BCUT2D eigenvalue weighted by molar-refractivity contribution is 5.92. The fourth-order valence-corrected chi connectivity index (χ4v) is 4.76. The first-order valence-corrected chi connectivity index (χ1v) is 11.1. The van der Waals surface area contributed by atoms with E-state index >= 15 is 0 Å². The molecule has 2 aromatic heterocycles. The minimum absolute atomic E-state index is 0.0287. The lowest BCUT2D eigenvalue weighted by Crippen LogP contribution is -2.53. The van der Waals surface area contributed by atoms with Gasteiger partial charge in [-0.15, -0.1) is 0 Å². The minimum Gasteiger partial charge on any atom is -0.366 e. The Bertz CT molecular complexity index is 1420. The first-order chi connectivity index (χ1) is 16.6. The Morgan fingerprint density at radius 3 is 2.34 bits per heavy atom. The molecule has 1 aromatic carbocycles. The van der Waals surface area contributed by atoms with Crippen molar-refractivity contribution in [1.29, 1.82) is 10.5 Å². The summed E-state index contributed by atoms with van der Waals surface area (Å²) >= 11 is 0. The number of anilines is 1. The van der Waals surface area contributed by atoms with E-state index in [1.165, 1.54) is 22.8 Å². The van der Waals surface area contributed by atoms with Crippen LogP contribution in [0.4, 0.5) is 18.9 Å². The number of rotatable bonds is 3. The number of nitrogens with zero attached hydrogens (tertiary/aromatic N) is 6. The predicted molar refractivity (Wildman–Crippen MR) is 125 cm³/mol. The third kappa shape index (κ3) is 4.33. The number of alkyl halides is 3. The SMILES string of the molecule is CC(c1ccc(C(F)(F)F)cc1)N1CCN(c2c(C#N)c(=O)n(C)c3ccc(C#N)nc23)C[C@H]1C. The van der Waals surface area contributed by atoms with Crippen molar-refractivity contribution in [3.63, 3.8) is 0 Å². The van der Waals surface area contributed by atoms with E-state index in [1.54, 1.807) is 13.1 Å². The van der Waals surface area contributed by atoms with Gasteiger partial charge in [-0.05, 0) is 43.7 Å². The Balaban J connectivity index is 1.66. The summed E-state index contributed by atoms with van der Waals surface area (Å²) in [6, 6.07) is 12.2. The Labute approximate surface area is 200 Å². The van der Waals surface area contributed by atoms with Crippen molar-refractivity contribution in [2.45, 2.75) is 32.1 Å². The summed E-state index contributed by atoms with van der Waals surface area (Å²) in [7, 11) is 1.56. The highest BCUT2D eigenvalue weighted by atomic mass is 19.4. The quantitative estimate of drug-likeness (QED) is 0.564. The number of nitriles is 2. The third-order valence-corrected chi connectivity index (χ3v) is 6.65. The fraction of sp³-hybridized carbons (Fsp3) is 0.360. The van der Waals surface area contributed by atoms with Crippen LogP contribution in [-0.4, -0.2) is 40.1 Å². The molecule has 10 heteroatoms. The Kier molecular flexibility index (Phi) is 6.27. The molecule has 2 atom stereocenters. The third-order valence-electron chi connectivity index (χ3n) is 6.65. The molecule has 7 nitrogen and oxygen atoms in total. The molecule has 0 radical (unpaired) electrons. The predicted octanol–water partition coefficient (Wildman–Crippen LogP) is 3.97. The molecule has 1 saturated heterocycles. The molecule has 0 aliphatic carbocycles. The zero-order valence-electron chi connectivity index (χ0n) is 19.5. The number of benzene rings is 1. The van der Waals surface area contributed by atoms with Crippen LogP contribution in [0.25, 0.3) is 11.0 Å². The van der Waals surface area contributed by atoms with Gasteiger partial charge in [0.25, 0.3) is 5.56 Å². The normalized spacial score (nSPS) is 17.7. The van der Waals surface area contributed by atoms with Crippen LogP contribution >= 0.6 is 0 Å². The van der Waals surface area contributed by atoms with Gasteiger partial charge in [0.2, 0.25) is 0 Å². The first kappa shape index (κ1) is 24.2. The summed E-state index contributed by atoms with van der Waals surface area (Å²) in [6.45, 7) is 5.45. The molecule has 1 fully saturated rings. The molecule has 180 valence electrons. The Morgan fingerprint density at radius 2 is 1.77 bits per heavy atom. The monoisotopic (exact) mass is 480 g/mol. The Hall–Kier alpha value is -3.89. The molecular formula is C25H23F3N6O. The maximum atomic E-state index is 12.9. The van der Waals surface area contributed by atoms with Crippen LogP contribution in [0.5, 0.6) is 0 Å². The van der Waals surface area contributed by atoms with Crippen molar-refractivity contribution in [3.05, 3.63) is 69.1 Å². The van der Waals surface area contributed by atoms with Crippen molar-refractivity contribution in [2.24, 2.45) is 7.05 Å². The van der Waals surface area contributed by atoms with Crippen LogP contribution in [0.1, 0.15) is 42.3 Å². The molecule has 0 spiro atoms. The van der Waals surface area contributed by atoms with Crippen LogP contribution in [0.2, 0.25) is 0 Å². The molecule has 1 aliphatic heterocycles. The van der Waals surface area contributed by atoms with Crippen molar-refractivity contribution >= 4 is 16.7 Å². The second-order valence-corrected chi connectivity index (χ2v) is 8.70. The topological polar surface area (TPSA) is 89.0 Å². The van der Waals surface area contributed by atoms with E-state index in [0.29, 0.717) is 36.4 Å². The molecule has 35 heavy (non-hydrogen) atoms. The number of aromatic nitrogens is 2. The van der Waals surface area contributed by atoms with E-state index in [0.717, 1.165) is 17.7 Å². The lowest BCUT2D eigenvalue weighted by molar-refractivity contribution is -0.137. The summed E-state index contributed by atoms with van der Waals surface area (Å²) in [6.07, 6.45) is -4.38. The van der Waals surface area contributed by atoms with Gasteiger partial charge in [0.1, 0.15) is 28.9 Å². The smallest absolute Gasteiger partial charge is 0.366 e. The van der Waals surface area contributed by atoms with Gasteiger partial charge in [0, 0.05) is 38.8 Å². The van der Waals surface area contributed by atoms with Crippen molar-refractivity contribution in [2.75, 3.05) is 24.5 Å².